The molecule has 1 rings (SSSR count). The first kappa shape index (κ1) is 11.6. The molecule has 0 unspecified atom stereocenters. The van der Waals surface area contributed by atoms with Gasteiger partial charge in [0.25, 0.3) is 0 Å². The number of carbonyl (C=O) groups excluding carboxylic acids is 2. The summed E-state index contributed by atoms with van der Waals surface area (Å²) >= 11 is 0. The van der Waals surface area contributed by atoms with E-state index in [1.54, 1.807) is 12.2 Å². The lowest BCUT2D eigenvalue weighted by atomic mass is 10.2. The van der Waals surface area contributed by atoms with Gasteiger partial charge in [0.15, 0.2) is 0 Å². The Bertz CT molecular complexity index is 424. The van der Waals surface area contributed by atoms with Crippen molar-refractivity contribution < 1.29 is 9.59 Å². The minimum Gasteiger partial charge on any atom is -0.361 e. The molecule has 0 saturated carbocycles. The van der Waals surface area contributed by atoms with E-state index in [1.165, 1.54) is 6.21 Å². The zero-order valence-electron chi connectivity index (χ0n) is 8.46. The van der Waals surface area contributed by atoms with Gasteiger partial charge in [0.2, 0.25) is 0 Å². The van der Waals surface area contributed by atoms with Crippen molar-refractivity contribution in [3.05, 3.63) is 42.0 Å². The second kappa shape index (κ2) is 6.13. The predicted octanol–water partition coefficient (Wildman–Crippen LogP) is 0.287. The molecule has 1 aromatic rings. The fraction of sp³-hybridized carbons (Fsp3) is 0. The molecule has 0 aliphatic rings. The first-order valence-corrected chi connectivity index (χ1v) is 4.54. The summed E-state index contributed by atoms with van der Waals surface area (Å²) in [5.74, 6) is -2.01. The number of amides is 2. The Morgan fingerprint density at radius 3 is 2.56 bits per heavy atom. The maximum absolute atomic E-state index is 10.7. The molecule has 5 nitrogen and oxygen atoms in total. The molecular weight excluding hydrogens is 206 g/mol. The van der Waals surface area contributed by atoms with E-state index in [0.717, 1.165) is 5.56 Å². The van der Waals surface area contributed by atoms with E-state index in [0.29, 0.717) is 0 Å². The standard InChI is InChI=1S/C11H11N3O2/c12-10(15)11(16)14-13-8-4-7-9-5-2-1-3-6-9/h1-8H,(H2,12,15)(H,14,16). The number of nitrogens with two attached hydrogens (primary N) is 1. The molecule has 0 bridgehead atoms. The van der Waals surface area contributed by atoms with Crippen molar-refractivity contribution in [1.29, 1.82) is 0 Å². The Balaban J connectivity index is 2.40. The van der Waals surface area contributed by atoms with Crippen LogP contribution < -0.4 is 11.2 Å². The molecule has 3 N–H and O–H groups in total. The third kappa shape index (κ3) is 4.19. The van der Waals surface area contributed by atoms with Crippen LogP contribution in [-0.2, 0) is 9.59 Å². The van der Waals surface area contributed by atoms with Crippen LogP contribution in [0.1, 0.15) is 5.56 Å². The van der Waals surface area contributed by atoms with Crippen LogP contribution >= 0.6 is 0 Å². The molecule has 0 heterocycles. The molecule has 0 aliphatic carbocycles. The van der Waals surface area contributed by atoms with Gasteiger partial charge in [-0.3, -0.25) is 9.59 Å². The van der Waals surface area contributed by atoms with Crippen LogP contribution in [-0.4, -0.2) is 18.0 Å². The van der Waals surface area contributed by atoms with E-state index in [4.69, 9.17) is 5.73 Å². The van der Waals surface area contributed by atoms with Crippen LogP contribution in [0.2, 0.25) is 0 Å². The highest BCUT2D eigenvalue weighted by atomic mass is 16.2. The molecule has 0 fully saturated rings. The van der Waals surface area contributed by atoms with Crippen molar-refractivity contribution in [2.45, 2.75) is 0 Å². The monoisotopic (exact) mass is 217 g/mol. The zero-order chi connectivity index (χ0) is 11.8. The van der Waals surface area contributed by atoms with Crippen molar-refractivity contribution in [1.82, 2.24) is 5.43 Å². The lowest BCUT2D eigenvalue weighted by Crippen LogP contribution is -2.32. The SMILES string of the molecule is NC(=O)C(=O)NN=CC=Cc1ccccc1. The summed E-state index contributed by atoms with van der Waals surface area (Å²) in [6.07, 6.45) is 4.80. The highest BCUT2D eigenvalue weighted by molar-refractivity contribution is 6.34. The van der Waals surface area contributed by atoms with E-state index in [1.807, 2.05) is 35.8 Å². The number of nitrogens with zero attached hydrogens (tertiary/aromatic N) is 1. The van der Waals surface area contributed by atoms with Crippen LogP contribution in [0.5, 0.6) is 0 Å². The molecule has 0 radical (unpaired) electrons. The summed E-state index contributed by atoms with van der Waals surface area (Å²) < 4.78 is 0. The lowest BCUT2D eigenvalue weighted by molar-refractivity contribution is -0.137. The average Bonchev–Trinajstić information content (AvgIpc) is 2.29. The Morgan fingerprint density at radius 2 is 1.94 bits per heavy atom. The number of hydrogen-bond acceptors (Lipinski definition) is 3. The largest absolute Gasteiger partial charge is 0.361 e. The zero-order valence-corrected chi connectivity index (χ0v) is 8.46. The van der Waals surface area contributed by atoms with Crippen LogP contribution in [0.25, 0.3) is 6.08 Å². The first-order valence-electron chi connectivity index (χ1n) is 4.54. The molecular formula is C11H11N3O2. The maximum atomic E-state index is 10.7. The molecule has 0 spiro atoms. The number of rotatable bonds is 3. The molecule has 2 amide bonds. The van der Waals surface area contributed by atoms with Gasteiger partial charge in [-0.1, -0.05) is 36.4 Å². The van der Waals surface area contributed by atoms with Gasteiger partial charge in [0, 0.05) is 6.21 Å². The second-order valence-corrected chi connectivity index (χ2v) is 2.85. The van der Waals surface area contributed by atoms with Crippen LogP contribution in [0.4, 0.5) is 0 Å². The highest BCUT2D eigenvalue weighted by Gasteiger charge is 2.04. The minimum absolute atomic E-state index is 0.940. The van der Waals surface area contributed by atoms with E-state index < -0.39 is 11.8 Å². The summed E-state index contributed by atoms with van der Waals surface area (Å²) in [6.45, 7) is 0. The van der Waals surface area contributed by atoms with Gasteiger partial charge in [0.05, 0.1) is 0 Å². The number of nitrogens with one attached hydrogen (secondary N) is 1. The first-order chi connectivity index (χ1) is 7.70. The molecule has 1 aromatic carbocycles. The van der Waals surface area contributed by atoms with Gasteiger partial charge in [-0.25, -0.2) is 5.43 Å². The number of benzene rings is 1. The summed E-state index contributed by atoms with van der Waals surface area (Å²) in [5, 5.41) is 3.50. The summed E-state index contributed by atoms with van der Waals surface area (Å²) in [4.78, 5) is 21.0. The molecule has 82 valence electrons. The normalized spacial score (nSPS) is 10.8. The van der Waals surface area contributed by atoms with Crippen LogP contribution in [0, 0.1) is 0 Å². The highest BCUT2D eigenvalue weighted by Crippen LogP contribution is 1.99. The van der Waals surface area contributed by atoms with E-state index in [9.17, 15) is 9.59 Å². The van der Waals surface area contributed by atoms with Gasteiger partial charge in [0.1, 0.15) is 0 Å². The number of allylic oxidation sites excluding steroid dienone is 1. The summed E-state index contributed by atoms with van der Waals surface area (Å²) in [7, 11) is 0. The molecule has 0 aliphatic heterocycles. The Hall–Kier alpha value is -2.43. The van der Waals surface area contributed by atoms with Gasteiger partial charge in [-0.05, 0) is 11.6 Å². The third-order valence-electron chi connectivity index (χ3n) is 1.64. The number of primary amides is 1. The molecule has 0 aromatic heterocycles. The predicted molar refractivity (Wildman–Crippen MR) is 61.3 cm³/mol. The minimum atomic E-state index is -1.07. The van der Waals surface area contributed by atoms with Crippen LogP contribution in [0.3, 0.4) is 0 Å². The second-order valence-electron chi connectivity index (χ2n) is 2.85. The maximum Gasteiger partial charge on any atom is 0.329 e. The topological polar surface area (TPSA) is 84.5 Å². The van der Waals surface area contributed by atoms with E-state index in [-0.39, 0.29) is 0 Å². The molecule has 5 heteroatoms. The van der Waals surface area contributed by atoms with Crippen molar-refractivity contribution in [2.24, 2.45) is 10.8 Å². The van der Waals surface area contributed by atoms with Crippen LogP contribution in [0.15, 0.2) is 41.5 Å². The number of hydrazone groups is 1. The summed E-state index contributed by atoms with van der Waals surface area (Å²) in [5.41, 5.74) is 7.68. The number of carbonyl (C=O) groups is 2. The third-order valence-corrected chi connectivity index (χ3v) is 1.64. The van der Waals surface area contributed by atoms with Gasteiger partial charge in [-0.2, -0.15) is 5.10 Å². The van der Waals surface area contributed by atoms with Crippen molar-refractivity contribution >= 4 is 24.1 Å². The Labute approximate surface area is 92.6 Å². The smallest absolute Gasteiger partial charge is 0.329 e. The van der Waals surface area contributed by atoms with Crippen molar-refractivity contribution in [3.8, 4) is 0 Å². The van der Waals surface area contributed by atoms with E-state index in [2.05, 4.69) is 5.10 Å². The quantitative estimate of drug-likeness (QED) is 0.433. The van der Waals surface area contributed by atoms with E-state index >= 15 is 0 Å². The van der Waals surface area contributed by atoms with Gasteiger partial charge < -0.3 is 5.73 Å². The molecule has 0 atom stereocenters. The number of hydrogen-bond donors (Lipinski definition) is 2. The fourth-order valence-corrected chi connectivity index (χ4v) is 0.912. The van der Waals surface area contributed by atoms with Crippen molar-refractivity contribution in [2.75, 3.05) is 0 Å². The van der Waals surface area contributed by atoms with Crippen molar-refractivity contribution in [3.63, 3.8) is 0 Å². The Kier molecular flexibility index (Phi) is 4.46. The Morgan fingerprint density at radius 1 is 1.25 bits per heavy atom. The van der Waals surface area contributed by atoms with Gasteiger partial charge in [-0.15, -0.1) is 0 Å². The van der Waals surface area contributed by atoms with Gasteiger partial charge >= 0.3 is 11.8 Å². The lowest BCUT2D eigenvalue weighted by Gasteiger charge is -1.91. The summed E-state index contributed by atoms with van der Waals surface area (Å²) in [6, 6.07) is 9.58. The average molecular weight is 217 g/mol. The molecule has 0 saturated heterocycles. The fourth-order valence-electron chi connectivity index (χ4n) is 0.912. The molecule has 16 heavy (non-hydrogen) atoms.